The largest absolute Gasteiger partial charge is 0.399 e. The van der Waals surface area contributed by atoms with Crippen molar-refractivity contribution < 1.29 is 13.2 Å². The summed E-state index contributed by atoms with van der Waals surface area (Å²) in [7, 11) is -3.50. The molecule has 2 atom stereocenters. The van der Waals surface area contributed by atoms with E-state index in [9.17, 15) is 8.42 Å². The number of nitrogen functional groups attached to an aromatic ring is 1. The number of aromatic amines is 1. The summed E-state index contributed by atoms with van der Waals surface area (Å²) in [4.78, 5) is 3.31. The van der Waals surface area contributed by atoms with Crippen molar-refractivity contribution in [1.82, 2.24) is 9.29 Å². The van der Waals surface area contributed by atoms with Crippen LogP contribution in [0.4, 0.5) is 5.69 Å². The fraction of sp³-hybridized carbons (Fsp3) is 0.429. The number of fused-ring (bicyclic) bond motifs is 3. The summed E-state index contributed by atoms with van der Waals surface area (Å²) in [6.45, 7) is 0.890. The number of aromatic nitrogens is 1. The van der Waals surface area contributed by atoms with Gasteiger partial charge in [-0.05, 0) is 31.0 Å². The second-order valence-corrected chi connectivity index (χ2v) is 7.64. The average Bonchev–Trinajstić information content (AvgIpc) is 3.01. The van der Waals surface area contributed by atoms with Crippen LogP contribution >= 0.6 is 0 Å². The zero-order valence-corrected chi connectivity index (χ0v) is 12.3. The van der Waals surface area contributed by atoms with Gasteiger partial charge in [0.2, 0.25) is 10.0 Å². The number of nitrogens with zero attached hydrogens (tertiary/aromatic N) is 1. The minimum Gasteiger partial charge on any atom is -0.399 e. The standard InChI is InChI=1S/C14H17N3O3S/c15-9-1-4-12-13(5-9)16-6-14(12)21(18,19)17-7-10-2-3-11(8-17)20-10/h1,4-6,10-11,16H,2-3,7-8,15H2. The van der Waals surface area contributed by atoms with Gasteiger partial charge in [-0.15, -0.1) is 0 Å². The Kier molecular flexibility index (Phi) is 2.79. The Bertz CT molecular complexity index is 787. The highest BCUT2D eigenvalue weighted by molar-refractivity contribution is 7.89. The number of rotatable bonds is 2. The molecular weight excluding hydrogens is 290 g/mol. The van der Waals surface area contributed by atoms with Gasteiger partial charge in [0, 0.05) is 35.9 Å². The van der Waals surface area contributed by atoms with Crippen molar-refractivity contribution in [3.05, 3.63) is 24.4 Å². The number of hydrogen-bond acceptors (Lipinski definition) is 4. The molecule has 0 radical (unpaired) electrons. The number of ether oxygens (including phenoxy) is 1. The Labute approximate surface area is 122 Å². The summed E-state index contributed by atoms with van der Waals surface area (Å²) in [5, 5.41) is 0.683. The van der Waals surface area contributed by atoms with Gasteiger partial charge in [-0.1, -0.05) is 0 Å². The molecule has 0 amide bonds. The van der Waals surface area contributed by atoms with Crippen molar-refractivity contribution >= 4 is 26.6 Å². The molecule has 1 aromatic heterocycles. The summed E-state index contributed by atoms with van der Waals surface area (Å²) in [6, 6.07) is 5.22. The molecule has 2 bridgehead atoms. The first kappa shape index (κ1) is 13.1. The highest BCUT2D eigenvalue weighted by Gasteiger charge is 2.40. The fourth-order valence-electron chi connectivity index (χ4n) is 3.24. The van der Waals surface area contributed by atoms with E-state index in [1.807, 2.05) is 0 Å². The highest BCUT2D eigenvalue weighted by atomic mass is 32.2. The van der Waals surface area contributed by atoms with Gasteiger partial charge in [-0.2, -0.15) is 4.31 Å². The van der Waals surface area contributed by atoms with Crippen LogP contribution in [0.15, 0.2) is 29.3 Å². The lowest BCUT2D eigenvalue weighted by Crippen LogP contribution is -2.45. The van der Waals surface area contributed by atoms with Gasteiger partial charge in [0.15, 0.2) is 0 Å². The second kappa shape index (κ2) is 4.46. The Morgan fingerprint density at radius 2 is 1.95 bits per heavy atom. The lowest BCUT2D eigenvalue weighted by molar-refractivity contribution is -0.0114. The summed E-state index contributed by atoms with van der Waals surface area (Å²) < 4.78 is 33.0. The van der Waals surface area contributed by atoms with Gasteiger partial charge >= 0.3 is 0 Å². The van der Waals surface area contributed by atoms with Crippen LogP contribution in [-0.2, 0) is 14.8 Å². The first-order valence-corrected chi connectivity index (χ1v) is 8.50. The molecular formula is C14H17N3O3S. The van der Waals surface area contributed by atoms with Crippen LogP contribution in [0.2, 0.25) is 0 Å². The quantitative estimate of drug-likeness (QED) is 0.819. The van der Waals surface area contributed by atoms with Crippen LogP contribution in [0.3, 0.4) is 0 Å². The van der Waals surface area contributed by atoms with Crippen LogP contribution in [0, 0.1) is 0 Å². The smallest absolute Gasteiger partial charge is 0.245 e. The van der Waals surface area contributed by atoms with Crippen molar-refractivity contribution in [2.24, 2.45) is 0 Å². The Morgan fingerprint density at radius 1 is 1.24 bits per heavy atom. The third kappa shape index (κ3) is 2.04. The minimum absolute atomic E-state index is 0.0411. The van der Waals surface area contributed by atoms with Gasteiger partial charge < -0.3 is 15.5 Å². The number of anilines is 1. The maximum Gasteiger partial charge on any atom is 0.245 e. The van der Waals surface area contributed by atoms with E-state index in [0.717, 1.165) is 18.4 Å². The van der Waals surface area contributed by atoms with Crippen molar-refractivity contribution in [2.75, 3.05) is 18.8 Å². The SMILES string of the molecule is Nc1ccc2c(S(=O)(=O)N3CC4CCC(C3)O4)c[nH]c2c1. The van der Waals surface area contributed by atoms with Crippen LogP contribution in [0.25, 0.3) is 10.9 Å². The number of H-pyrrole nitrogens is 1. The molecule has 6 nitrogen and oxygen atoms in total. The zero-order valence-electron chi connectivity index (χ0n) is 11.5. The molecule has 3 N–H and O–H groups in total. The first-order chi connectivity index (χ1) is 10.0. The van der Waals surface area contributed by atoms with E-state index in [-0.39, 0.29) is 12.2 Å². The van der Waals surface area contributed by atoms with Crippen molar-refractivity contribution in [3.63, 3.8) is 0 Å². The molecule has 0 saturated carbocycles. The third-order valence-corrected chi connectivity index (χ3v) is 6.17. The Balaban J connectivity index is 1.76. The van der Waals surface area contributed by atoms with Crippen LogP contribution in [0.1, 0.15) is 12.8 Å². The summed E-state index contributed by atoms with van der Waals surface area (Å²) >= 11 is 0. The van der Waals surface area contributed by atoms with Crippen LogP contribution in [-0.4, -0.2) is 43.0 Å². The van der Waals surface area contributed by atoms with Crippen molar-refractivity contribution in [2.45, 2.75) is 29.9 Å². The normalized spacial score (nSPS) is 26.5. The maximum absolute atomic E-state index is 12.9. The molecule has 3 heterocycles. The van der Waals surface area contributed by atoms with E-state index in [4.69, 9.17) is 10.5 Å². The predicted molar refractivity (Wildman–Crippen MR) is 79.4 cm³/mol. The number of benzene rings is 1. The number of nitrogens with two attached hydrogens (primary N) is 1. The summed E-state index contributed by atoms with van der Waals surface area (Å²) in [5.74, 6) is 0. The summed E-state index contributed by atoms with van der Waals surface area (Å²) in [6.07, 6.45) is 3.53. The molecule has 2 aliphatic rings. The molecule has 112 valence electrons. The number of morpholine rings is 1. The van der Waals surface area contributed by atoms with Crippen LogP contribution in [0.5, 0.6) is 0 Å². The van der Waals surface area contributed by atoms with E-state index in [0.29, 0.717) is 29.1 Å². The fourth-order valence-corrected chi connectivity index (χ4v) is 4.91. The number of hydrogen-bond donors (Lipinski definition) is 2. The molecule has 2 unspecified atom stereocenters. The molecule has 2 aromatic rings. The average molecular weight is 307 g/mol. The Morgan fingerprint density at radius 3 is 2.67 bits per heavy atom. The molecule has 1 aromatic carbocycles. The summed E-state index contributed by atoms with van der Waals surface area (Å²) in [5.41, 5.74) is 7.08. The topological polar surface area (TPSA) is 88.4 Å². The molecule has 0 spiro atoms. The van der Waals surface area contributed by atoms with Gasteiger partial charge in [-0.3, -0.25) is 0 Å². The van der Waals surface area contributed by atoms with Gasteiger partial charge in [-0.25, -0.2) is 8.42 Å². The zero-order chi connectivity index (χ0) is 14.6. The van der Waals surface area contributed by atoms with Gasteiger partial charge in [0.1, 0.15) is 4.90 Å². The van der Waals surface area contributed by atoms with E-state index < -0.39 is 10.0 Å². The number of sulfonamides is 1. The molecule has 7 heteroatoms. The maximum atomic E-state index is 12.9. The molecule has 21 heavy (non-hydrogen) atoms. The molecule has 4 rings (SSSR count). The van der Waals surface area contributed by atoms with Gasteiger partial charge in [0.25, 0.3) is 0 Å². The monoisotopic (exact) mass is 307 g/mol. The minimum atomic E-state index is -3.50. The Hall–Kier alpha value is -1.57. The van der Waals surface area contributed by atoms with E-state index >= 15 is 0 Å². The second-order valence-electron chi connectivity index (χ2n) is 5.74. The van der Waals surface area contributed by atoms with Gasteiger partial charge in [0.05, 0.1) is 12.2 Å². The number of nitrogens with one attached hydrogen (secondary N) is 1. The first-order valence-electron chi connectivity index (χ1n) is 7.06. The predicted octanol–water partition coefficient (Wildman–Crippen LogP) is 1.30. The van der Waals surface area contributed by atoms with E-state index in [2.05, 4.69) is 4.98 Å². The van der Waals surface area contributed by atoms with E-state index in [1.165, 1.54) is 0 Å². The van der Waals surface area contributed by atoms with Crippen LogP contribution < -0.4 is 5.73 Å². The lowest BCUT2D eigenvalue weighted by Gasteiger charge is -2.31. The molecule has 2 aliphatic heterocycles. The van der Waals surface area contributed by atoms with Crippen molar-refractivity contribution in [3.8, 4) is 0 Å². The molecule has 2 saturated heterocycles. The van der Waals surface area contributed by atoms with Crippen molar-refractivity contribution in [1.29, 1.82) is 0 Å². The van der Waals surface area contributed by atoms with E-state index in [1.54, 1.807) is 28.7 Å². The lowest BCUT2D eigenvalue weighted by atomic mass is 10.2. The third-order valence-electron chi connectivity index (χ3n) is 4.30. The molecule has 0 aliphatic carbocycles. The highest BCUT2D eigenvalue weighted by Crippen LogP contribution is 2.32. The molecule has 2 fully saturated rings.